The van der Waals surface area contributed by atoms with Crippen molar-refractivity contribution >= 4 is 21.8 Å². The van der Waals surface area contributed by atoms with E-state index in [1.807, 2.05) is 48.1 Å². The van der Waals surface area contributed by atoms with Crippen molar-refractivity contribution in [1.82, 2.24) is 14.9 Å². The first-order chi connectivity index (χ1) is 13.0. The summed E-state index contributed by atoms with van der Waals surface area (Å²) < 4.78 is 13.2. The van der Waals surface area contributed by atoms with Gasteiger partial charge in [0.15, 0.2) is 0 Å². The molecule has 1 amide bonds. The van der Waals surface area contributed by atoms with Gasteiger partial charge in [-0.15, -0.1) is 0 Å². The van der Waals surface area contributed by atoms with Crippen LogP contribution >= 0.6 is 15.9 Å². The number of carbonyl (C=O) groups is 1. The maximum Gasteiger partial charge on any atom is 0.252 e. The van der Waals surface area contributed by atoms with E-state index in [0.29, 0.717) is 21.5 Å². The van der Waals surface area contributed by atoms with Crippen LogP contribution in [-0.4, -0.2) is 29.7 Å². The maximum atomic E-state index is 13.0. The van der Waals surface area contributed by atoms with E-state index in [1.165, 1.54) is 0 Å². The molecular formula is C20H20BrN3O3. The minimum absolute atomic E-state index is 0.254. The fraction of sp³-hybridized carbons (Fsp3) is 0.200. The van der Waals surface area contributed by atoms with Gasteiger partial charge in [-0.25, -0.2) is 4.98 Å². The molecule has 0 aliphatic heterocycles. The number of carbonyl (C=O) groups excluding carboxylic acids is 1. The van der Waals surface area contributed by atoms with Crippen LogP contribution in [0.5, 0.6) is 11.5 Å². The molecule has 0 fully saturated rings. The minimum atomic E-state index is -0.390. The standard InChI is InChI=1S/C20H20BrN3O3/c1-24-10-9-22-19(24)18(13-7-5-4-6-8-13)23-20(25)14-11-15(26-2)17(21)16(12-14)27-3/h4-12,18H,1-3H3,(H,23,25)/t18-/m0/s1. The number of imidazole rings is 1. The lowest BCUT2D eigenvalue weighted by Crippen LogP contribution is -2.31. The molecule has 1 aromatic heterocycles. The van der Waals surface area contributed by atoms with E-state index in [2.05, 4.69) is 26.2 Å². The number of methoxy groups -OCH3 is 2. The number of ether oxygens (including phenoxy) is 2. The number of amides is 1. The molecule has 1 heterocycles. The number of hydrogen-bond acceptors (Lipinski definition) is 4. The molecule has 0 saturated heterocycles. The third kappa shape index (κ3) is 3.98. The van der Waals surface area contributed by atoms with E-state index in [9.17, 15) is 4.79 Å². The third-order valence-corrected chi connectivity index (χ3v) is 5.01. The molecular weight excluding hydrogens is 410 g/mol. The Hall–Kier alpha value is -2.80. The summed E-state index contributed by atoms with van der Waals surface area (Å²) in [7, 11) is 4.99. The summed E-state index contributed by atoms with van der Waals surface area (Å²) in [6.07, 6.45) is 3.56. The Morgan fingerprint density at radius 2 is 1.78 bits per heavy atom. The average Bonchev–Trinajstić information content (AvgIpc) is 3.12. The Morgan fingerprint density at radius 1 is 1.15 bits per heavy atom. The number of nitrogens with zero attached hydrogens (tertiary/aromatic N) is 2. The highest BCUT2D eigenvalue weighted by molar-refractivity contribution is 9.10. The first-order valence-electron chi connectivity index (χ1n) is 8.29. The number of benzene rings is 2. The quantitative estimate of drug-likeness (QED) is 0.648. The number of aryl methyl sites for hydroxylation is 1. The summed E-state index contributed by atoms with van der Waals surface area (Å²) >= 11 is 3.42. The number of aromatic nitrogens is 2. The SMILES string of the molecule is COc1cc(C(=O)N[C@@H](c2ccccc2)c2nccn2C)cc(OC)c1Br. The Balaban J connectivity index is 1.97. The van der Waals surface area contributed by atoms with Crippen LogP contribution < -0.4 is 14.8 Å². The van der Waals surface area contributed by atoms with Crippen molar-refractivity contribution in [3.05, 3.63) is 76.3 Å². The van der Waals surface area contributed by atoms with E-state index in [1.54, 1.807) is 32.5 Å². The molecule has 0 aliphatic rings. The Morgan fingerprint density at radius 3 is 2.30 bits per heavy atom. The summed E-state index contributed by atoms with van der Waals surface area (Å²) in [5.41, 5.74) is 1.37. The molecule has 6 nitrogen and oxygen atoms in total. The monoisotopic (exact) mass is 429 g/mol. The van der Waals surface area contributed by atoms with E-state index in [4.69, 9.17) is 9.47 Å². The fourth-order valence-corrected chi connectivity index (χ4v) is 3.37. The van der Waals surface area contributed by atoms with Crippen molar-refractivity contribution < 1.29 is 14.3 Å². The second kappa shape index (κ2) is 8.26. The molecule has 1 atom stereocenters. The number of hydrogen-bond donors (Lipinski definition) is 1. The fourth-order valence-electron chi connectivity index (χ4n) is 2.81. The van der Waals surface area contributed by atoms with Crippen molar-refractivity contribution in [3.8, 4) is 11.5 Å². The topological polar surface area (TPSA) is 65.4 Å². The van der Waals surface area contributed by atoms with Gasteiger partial charge in [-0.05, 0) is 33.6 Å². The molecule has 0 aliphatic carbocycles. The zero-order valence-corrected chi connectivity index (χ0v) is 16.9. The lowest BCUT2D eigenvalue weighted by Gasteiger charge is -2.20. The van der Waals surface area contributed by atoms with Gasteiger partial charge in [-0.3, -0.25) is 4.79 Å². The first kappa shape index (κ1) is 19.0. The molecule has 1 N–H and O–H groups in total. The molecule has 140 valence electrons. The van der Waals surface area contributed by atoms with Gasteiger partial charge in [0.1, 0.15) is 27.8 Å². The van der Waals surface area contributed by atoms with Gasteiger partial charge < -0.3 is 19.4 Å². The maximum absolute atomic E-state index is 13.0. The van der Waals surface area contributed by atoms with Crippen molar-refractivity contribution in [3.63, 3.8) is 0 Å². The second-order valence-corrected chi connectivity index (χ2v) is 6.70. The van der Waals surface area contributed by atoms with Gasteiger partial charge >= 0.3 is 0 Å². The smallest absolute Gasteiger partial charge is 0.252 e. The molecule has 0 saturated carbocycles. The highest BCUT2D eigenvalue weighted by Crippen LogP contribution is 2.35. The van der Waals surface area contributed by atoms with Crippen molar-refractivity contribution in [2.24, 2.45) is 7.05 Å². The third-order valence-electron chi connectivity index (χ3n) is 4.23. The summed E-state index contributed by atoms with van der Waals surface area (Å²) in [5.74, 6) is 1.53. The van der Waals surface area contributed by atoms with Crippen LogP contribution in [0.15, 0.2) is 59.3 Å². The molecule has 0 radical (unpaired) electrons. The zero-order valence-electron chi connectivity index (χ0n) is 15.3. The summed E-state index contributed by atoms with van der Waals surface area (Å²) in [4.78, 5) is 17.4. The van der Waals surface area contributed by atoms with E-state index >= 15 is 0 Å². The van der Waals surface area contributed by atoms with Crippen molar-refractivity contribution in [2.75, 3.05) is 14.2 Å². The lowest BCUT2D eigenvalue weighted by molar-refractivity contribution is 0.0940. The predicted octanol–water partition coefficient (Wildman–Crippen LogP) is 3.72. The molecule has 7 heteroatoms. The summed E-state index contributed by atoms with van der Waals surface area (Å²) in [6.45, 7) is 0. The van der Waals surface area contributed by atoms with Crippen LogP contribution in [0.1, 0.15) is 27.8 Å². The van der Waals surface area contributed by atoms with Gasteiger partial charge in [0.25, 0.3) is 5.91 Å². The molecule has 3 rings (SSSR count). The normalized spacial score (nSPS) is 11.7. The molecule has 3 aromatic rings. The van der Waals surface area contributed by atoms with Gasteiger partial charge in [0.05, 0.1) is 14.2 Å². The van der Waals surface area contributed by atoms with Gasteiger partial charge in [0, 0.05) is 25.0 Å². The molecule has 0 bridgehead atoms. The van der Waals surface area contributed by atoms with Gasteiger partial charge in [-0.2, -0.15) is 0 Å². The van der Waals surface area contributed by atoms with Crippen LogP contribution in [-0.2, 0) is 7.05 Å². The number of nitrogens with one attached hydrogen (secondary N) is 1. The Bertz CT molecular complexity index is 916. The summed E-state index contributed by atoms with van der Waals surface area (Å²) in [6, 6.07) is 12.7. The number of rotatable bonds is 6. The van der Waals surface area contributed by atoms with Gasteiger partial charge in [-0.1, -0.05) is 30.3 Å². The molecule has 0 spiro atoms. The second-order valence-electron chi connectivity index (χ2n) is 5.91. The predicted molar refractivity (Wildman–Crippen MR) is 106 cm³/mol. The van der Waals surface area contributed by atoms with Gasteiger partial charge in [0.2, 0.25) is 0 Å². The minimum Gasteiger partial charge on any atom is -0.495 e. The van der Waals surface area contributed by atoms with Crippen LogP contribution in [0, 0.1) is 0 Å². The average molecular weight is 430 g/mol. The Labute approximate surface area is 166 Å². The van der Waals surface area contributed by atoms with E-state index < -0.39 is 0 Å². The lowest BCUT2D eigenvalue weighted by atomic mass is 10.1. The number of halogens is 1. The highest BCUT2D eigenvalue weighted by Gasteiger charge is 2.22. The van der Waals surface area contributed by atoms with Crippen molar-refractivity contribution in [2.45, 2.75) is 6.04 Å². The van der Waals surface area contributed by atoms with Crippen molar-refractivity contribution in [1.29, 1.82) is 0 Å². The van der Waals surface area contributed by atoms with E-state index in [-0.39, 0.29) is 11.9 Å². The molecule has 2 aromatic carbocycles. The largest absolute Gasteiger partial charge is 0.495 e. The van der Waals surface area contributed by atoms with Crippen LogP contribution in [0.4, 0.5) is 0 Å². The Kier molecular flexibility index (Phi) is 5.81. The van der Waals surface area contributed by atoms with Crippen LogP contribution in [0.25, 0.3) is 0 Å². The van der Waals surface area contributed by atoms with E-state index in [0.717, 1.165) is 11.4 Å². The summed E-state index contributed by atoms with van der Waals surface area (Å²) in [5, 5.41) is 3.07. The van der Waals surface area contributed by atoms with Crippen LogP contribution in [0.2, 0.25) is 0 Å². The zero-order chi connectivity index (χ0) is 19.4. The molecule has 27 heavy (non-hydrogen) atoms. The molecule has 0 unspecified atom stereocenters. The van der Waals surface area contributed by atoms with Crippen LogP contribution in [0.3, 0.4) is 0 Å². The first-order valence-corrected chi connectivity index (χ1v) is 9.09. The highest BCUT2D eigenvalue weighted by atomic mass is 79.9.